The molecule has 1 amide bonds. The summed E-state index contributed by atoms with van der Waals surface area (Å²) in [5.74, 6) is -3.05. The summed E-state index contributed by atoms with van der Waals surface area (Å²) in [4.78, 5) is 32.3. The summed E-state index contributed by atoms with van der Waals surface area (Å²) in [5, 5.41) is 12.1. The van der Waals surface area contributed by atoms with E-state index < -0.39 is 23.4 Å². The van der Waals surface area contributed by atoms with Gasteiger partial charge in [-0.05, 0) is 29.8 Å². The van der Waals surface area contributed by atoms with Crippen molar-refractivity contribution in [1.29, 1.82) is 5.26 Å². The van der Waals surface area contributed by atoms with Crippen LogP contribution >= 0.6 is 0 Å². The summed E-state index contributed by atoms with van der Waals surface area (Å²) in [7, 11) is 0. The number of nitrogens with one attached hydrogen (secondary N) is 2. The lowest BCUT2D eigenvalue weighted by molar-refractivity contribution is -0.125. The number of halogens is 1. The quantitative estimate of drug-likeness (QED) is 0.760. The van der Waals surface area contributed by atoms with E-state index in [4.69, 9.17) is 0 Å². The van der Waals surface area contributed by atoms with Gasteiger partial charge in [-0.1, -0.05) is 18.2 Å². The predicted octanol–water partition coefficient (Wildman–Crippen LogP) is 3.00. The van der Waals surface area contributed by atoms with Crippen LogP contribution < -0.4 is 5.32 Å². The van der Waals surface area contributed by atoms with Gasteiger partial charge in [0.15, 0.2) is 11.7 Å². The molecular formula is C19H13FN4O2. The number of aromatic amines is 1. The highest BCUT2D eigenvalue weighted by Crippen LogP contribution is 2.36. The second-order valence-corrected chi connectivity index (χ2v) is 6.14. The maximum Gasteiger partial charge on any atom is 0.225 e. The van der Waals surface area contributed by atoms with Crippen LogP contribution in [0, 0.1) is 17.1 Å². The molecule has 2 aromatic carbocycles. The first-order valence-corrected chi connectivity index (χ1v) is 8.04. The van der Waals surface area contributed by atoms with E-state index in [0.29, 0.717) is 11.1 Å². The summed E-state index contributed by atoms with van der Waals surface area (Å²) >= 11 is 0. The molecule has 0 spiro atoms. The maximum atomic E-state index is 13.5. The standard InChI is InChI=1S/C19H13FN4O2/c20-10-5-6-11-12(8-17(25)22-16(11)7-10)18(26)13(9-21)19-23-14-3-1-2-4-15(14)24-19/h1-7,12-13H,8H2,(H,22,25)(H,23,24)/t12-,13+/m0/s1. The number of amides is 1. The SMILES string of the molecule is N#C[C@H](C(=O)[C@H]1CC(=O)Nc2cc(F)ccc21)c1nc2ccccc2[nH]1. The molecular weight excluding hydrogens is 335 g/mol. The number of carbonyl (C=O) groups excluding carboxylic acids is 2. The van der Waals surface area contributed by atoms with Gasteiger partial charge in [-0.15, -0.1) is 0 Å². The topological polar surface area (TPSA) is 98.6 Å². The fourth-order valence-corrected chi connectivity index (χ4v) is 3.26. The molecule has 2 N–H and O–H groups in total. The van der Waals surface area contributed by atoms with Crippen molar-refractivity contribution in [2.24, 2.45) is 0 Å². The van der Waals surface area contributed by atoms with Crippen molar-refractivity contribution < 1.29 is 14.0 Å². The minimum absolute atomic E-state index is 0.0874. The molecule has 3 aromatic rings. The molecule has 0 saturated heterocycles. The number of nitriles is 1. The van der Waals surface area contributed by atoms with Crippen LogP contribution in [0.15, 0.2) is 42.5 Å². The van der Waals surface area contributed by atoms with E-state index >= 15 is 0 Å². The van der Waals surface area contributed by atoms with Gasteiger partial charge in [0.1, 0.15) is 11.6 Å². The Morgan fingerprint density at radius 3 is 2.88 bits per heavy atom. The zero-order valence-electron chi connectivity index (χ0n) is 13.5. The molecule has 1 aliphatic rings. The molecule has 2 atom stereocenters. The molecule has 6 nitrogen and oxygen atoms in total. The number of anilines is 1. The number of H-pyrrole nitrogens is 1. The van der Waals surface area contributed by atoms with Crippen LogP contribution in [0.2, 0.25) is 0 Å². The van der Waals surface area contributed by atoms with Crippen molar-refractivity contribution >= 4 is 28.4 Å². The molecule has 0 aliphatic carbocycles. The number of imidazole rings is 1. The second kappa shape index (κ2) is 6.08. The number of ketones is 1. The molecule has 2 heterocycles. The number of hydrogen-bond donors (Lipinski definition) is 2. The van der Waals surface area contributed by atoms with Gasteiger partial charge in [0.05, 0.1) is 23.0 Å². The first kappa shape index (κ1) is 16.0. The van der Waals surface area contributed by atoms with Crippen molar-refractivity contribution in [2.45, 2.75) is 18.3 Å². The van der Waals surface area contributed by atoms with E-state index in [1.807, 2.05) is 18.2 Å². The molecule has 0 fully saturated rings. The summed E-state index contributed by atoms with van der Waals surface area (Å²) in [5.41, 5.74) is 2.15. The number of rotatable bonds is 3. The van der Waals surface area contributed by atoms with E-state index in [1.165, 1.54) is 18.2 Å². The lowest BCUT2D eigenvalue weighted by atomic mass is 9.82. The number of aromatic nitrogens is 2. The Kier molecular flexibility index (Phi) is 3.73. The predicted molar refractivity (Wildman–Crippen MR) is 91.8 cm³/mol. The van der Waals surface area contributed by atoms with Gasteiger partial charge in [0.25, 0.3) is 0 Å². The first-order chi connectivity index (χ1) is 12.6. The Morgan fingerprint density at radius 2 is 2.12 bits per heavy atom. The Balaban J connectivity index is 1.74. The fraction of sp³-hybridized carbons (Fsp3) is 0.158. The summed E-state index contributed by atoms with van der Waals surface area (Å²) in [6.45, 7) is 0. The Morgan fingerprint density at radius 1 is 1.31 bits per heavy atom. The van der Waals surface area contributed by atoms with Crippen LogP contribution in [0.25, 0.3) is 11.0 Å². The summed E-state index contributed by atoms with van der Waals surface area (Å²) < 4.78 is 13.5. The van der Waals surface area contributed by atoms with Gasteiger partial charge in [-0.25, -0.2) is 9.37 Å². The zero-order valence-corrected chi connectivity index (χ0v) is 13.5. The van der Waals surface area contributed by atoms with Crippen LogP contribution in [0.3, 0.4) is 0 Å². The van der Waals surface area contributed by atoms with Gasteiger partial charge < -0.3 is 10.3 Å². The van der Waals surface area contributed by atoms with E-state index in [1.54, 1.807) is 12.1 Å². The molecule has 4 rings (SSSR count). The van der Waals surface area contributed by atoms with E-state index in [-0.39, 0.29) is 23.8 Å². The highest BCUT2D eigenvalue weighted by Gasteiger charge is 2.36. The number of hydrogen-bond acceptors (Lipinski definition) is 4. The van der Waals surface area contributed by atoms with Crippen LogP contribution in [0.1, 0.15) is 29.6 Å². The molecule has 128 valence electrons. The van der Waals surface area contributed by atoms with Crippen LogP contribution in [0.5, 0.6) is 0 Å². The fourth-order valence-electron chi connectivity index (χ4n) is 3.26. The largest absolute Gasteiger partial charge is 0.340 e. The third kappa shape index (κ3) is 2.62. The average Bonchev–Trinajstić information content (AvgIpc) is 3.04. The molecule has 7 heteroatoms. The second-order valence-electron chi connectivity index (χ2n) is 6.14. The third-order valence-corrected chi connectivity index (χ3v) is 4.49. The van der Waals surface area contributed by atoms with Gasteiger partial charge in [0.2, 0.25) is 5.91 Å². The van der Waals surface area contributed by atoms with E-state index in [2.05, 4.69) is 15.3 Å². The molecule has 0 radical (unpaired) electrons. The van der Waals surface area contributed by atoms with Gasteiger partial charge >= 0.3 is 0 Å². The number of carbonyl (C=O) groups is 2. The van der Waals surface area contributed by atoms with Gasteiger partial charge in [-0.3, -0.25) is 9.59 Å². The van der Waals surface area contributed by atoms with Crippen molar-refractivity contribution in [1.82, 2.24) is 9.97 Å². The minimum atomic E-state index is -1.14. The zero-order chi connectivity index (χ0) is 18.3. The number of nitrogens with zero attached hydrogens (tertiary/aromatic N) is 2. The van der Waals surface area contributed by atoms with Gasteiger partial charge in [-0.2, -0.15) is 5.26 Å². The third-order valence-electron chi connectivity index (χ3n) is 4.49. The van der Waals surface area contributed by atoms with Crippen molar-refractivity contribution in [3.8, 4) is 6.07 Å². The molecule has 0 saturated carbocycles. The maximum absolute atomic E-state index is 13.5. The van der Waals surface area contributed by atoms with Gasteiger partial charge in [0, 0.05) is 12.1 Å². The minimum Gasteiger partial charge on any atom is -0.340 e. The normalized spacial score (nSPS) is 17.2. The number of para-hydroxylation sites is 2. The number of fused-ring (bicyclic) bond motifs is 2. The average molecular weight is 348 g/mol. The molecule has 0 unspecified atom stereocenters. The lowest BCUT2D eigenvalue weighted by Crippen LogP contribution is -2.30. The summed E-state index contributed by atoms with van der Waals surface area (Å²) in [6.07, 6.45) is -0.0874. The Labute approximate surface area is 147 Å². The molecule has 1 aromatic heterocycles. The summed E-state index contributed by atoms with van der Waals surface area (Å²) in [6, 6.07) is 13.1. The van der Waals surface area contributed by atoms with Crippen molar-refractivity contribution in [3.63, 3.8) is 0 Å². The van der Waals surface area contributed by atoms with E-state index in [9.17, 15) is 19.2 Å². The first-order valence-electron chi connectivity index (χ1n) is 8.04. The monoisotopic (exact) mass is 348 g/mol. The molecule has 0 bridgehead atoms. The van der Waals surface area contributed by atoms with Crippen molar-refractivity contribution in [3.05, 3.63) is 59.7 Å². The Hall–Kier alpha value is -3.53. The Bertz CT molecular complexity index is 1050. The number of benzene rings is 2. The van der Waals surface area contributed by atoms with Crippen LogP contribution in [0.4, 0.5) is 10.1 Å². The van der Waals surface area contributed by atoms with E-state index in [0.717, 1.165) is 5.52 Å². The number of Topliss-reactive ketones (excluding diaryl/α,β-unsaturated/α-hetero) is 1. The van der Waals surface area contributed by atoms with Crippen LogP contribution in [-0.4, -0.2) is 21.7 Å². The molecule has 26 heavy (non-hydrogen) atoms. The highest BCUT2D eigenvalue weighted by atomic mass is 19.1. The van der Waals surface area contributed by atoms with Crippen LogP contribution in [-0.2, 0) is 9.59 Å². The highest BCUT2D eigenvalue weighted by molar-refractivity contribution is 6.04. The lowest BCUT2D eigenvalue weighted by Gasteiger charge is -2.25. The smallest absolute Gasteiger partial charge is 0.225 e. The van der Waals surface area contributed by atoms with Crippen molar-refractivity contribution in [2.75, 3.05) is 5.32 Å². The molecule has 1 aliphatic heterocycles.